The van der Waals surface area contributed by atoms with Crippen LogP contribution in [0.3, 0.4) is 0 Å². The number of rotatable bonds is 6. The largest absolute Gasteiger partial charge is 0.467 e. The molecular formula is C10H14N2O5. The highest BCUT2D eigenvalue weighted by atomic mass is 16.5. The highest BCUT2D eigenvalue weighted by Gasteiger charge is 2.12. The number of methoxy groups -OCH3 is 1. The summed E-state index contributed by atoms with van der Waals surface area (Å²) in [6.07, 6.45) is 0.0259. The number of carbonyl (C=O) groups excluding carboxylic acids is 2. The van der Waals surface area contributed by atoms with Crippen molar-refractivity contribution in [2.75, 3.05) is 13.7 Å². The van der Waals surface area contributed by atoms with E-state index in [0.717, 1.165) is 0 Å². The smallest absolute Gasteiger partial charge is 0.341 e. The molecule has 0 aromatic carbocycles. The van der Waals surface area contributed by atoms with Crippen LogP contribution < -0.4 is 11.1 Å². The van der Waals surface area contributed by atoms with Gasteiger partial charge in [-0.3, -0.25) is 4.79 Å². The van der Waals surface area contributed by atoms with Gasteiger partial charge in [-0.1, -0.05) is 0 Å². The summed E-state index contributed by atoms with van der Waals surface area (Å²) in [6.45, 7) is 0.283. The van der Waals surface area contributed by atoms with Crippen molar-refractivity contribution in [3.63, 3.8) is 0 Å². The van der Waals surface area contributed by atoms with Crippen molar-refractivity contribution in [1.29, 1.82) is 0 Å². The second-order valence-electron chi connectivity index (χ2n) is 3.34. The van der Waals surface area contributed by atoms with Crippen LogP contribution in [0.15, 0.2) is 16.7 Å². The molecule has 0 saturated carbocycles. The van der Waals surface area contributed by atoms with Gasteiger partial charge in [0, 0.05) is 6.54 Å². The van der Waals surface area contributed by atoms with Gasteiger partial charge in [-0.25, -0.2) is 4.79 Å². The standard InChI is InChI=1S/C10H14N2O5/c1-16-10(15)6-2-7(17-5-6)3-12-4-8(13)9(11)14/h2,5,8,12-13H,3-4H2,1H3,(H2,11,14). The highest BCUT2D eigenvalue weighted by molar-refractivity contribution is 5.88. The van der Waals surface area contributed by atoms with Gasteiger partial charge in [0.2, 0.25) is 5.91 Å². The number of aliphatic hydroxyl groups excluding tert-OH is 1. The van der Waals surface area contributed by atoms with Gasteiger partial charge in [0.25, 0.3) is 0 Å². The Morgan fingerprint density at radius 1 is 1.65 bits per heavy atom. The second kappa shape index (κ2) is 6.02. The third-order valence-electron chi connectivity index (χ3n) is 2.04. The normalized spacial score (nSPS) is 12.1. The minimum Gasteiger partial charge on any atom is -0.467 e. The first-order valence-corrected chi connectivity index (χ1v) is 4.88. The van der Waals surface area contributed by atoms with Crippen LogP contribution in [-0.4, -0.2) is 36.7 Å². The lowest BCUT2D eigenvalue weighted by Crippen LogP contribution is -2.37. The van der Waals surface area contributed by atoms with Crippen molar-refractivity contribution in [2.45, 2.75) is 12.6 Å². The van der Waals surface area contributed by atoms with Gasteiger partial charge < -0.3 is 25.3 Å². The predicted octanol–water partition coefficient (Wildman–Crippen LogP) is -0.998. The number of carbonyl (C=O) groups is 2. The van der Waals surface area contributed by atoms with Crippen LogP contribution in [0.4, 0.5) is 0 Å². The van der Waals surface area contributed by atoms with Crippen molar-refractivity contribution in [3.8, 4) is 0 Å². The van der Waals surface area contributed by atoms with E-state index in [-0.39, 0.29) is 13.1 Å². The van der Waals surface area contributed by atoms with Crippen LogP contribution in [-0.2, 0) is 16.1 Å². The van der Waals surface area contributed by atoms with Gasteiger partial charge in [0.15, 0.2) is 0 Å². The quantitative estimate of drug-likeness (QED) is 0.551. The van der Waals surface area contributed by atoms with Crippen LogP contribution in [0.25, 0.3) is 0 Å². The molecule has 1 aromatic rings. The van der Waals surface area contributed by atoms with E-state index in [1.165, 1.54) is 19.4 Å². The molecule has 0 aliphatic carbocycles. The monoisotopic (exact) mass is 242 g/mol. The lowest BCUT2D eigenvalue weighted by Gasteiger charge is -2.06. The third-order valence-corrected chi connectivity index (χ3v) is 2.04. The van der Waals surface area contributed by atoms with E-state index in [9.17, 15) is 9.59 Å². The summed E-state index contributed by atoms with van der Waals surface area (Å²) in [6, 6.07) is 1.51. The summed E-state index contributed by atoms with van der Waals surface area (Å²) < 4.78 is 9.57. The van der Waals surface area contributed by atoms with E-state index in [4.69, 9.17) is 15.3 Å². The van der Waals surface area contributed by atoms with Crippen molar-refractivity contribution in [1.82, 2.24) is 5.32 Å². The molecule has 1 aromatic heterocycles. The first kappa shape index (κ1) is 13.2. The van der Waals surface area contributed by atoms with Crippen molar-refractivity contribution >= 4 is 11.9 Å². The maximum absolute atomic E-state index is 11.1. The highest BCUT2D eigenvalue weighted by Crippen LogP contribution is 2.08. The Labute approximate surface area is 97.5 Å². The molecule has 0 fully saturated rings. The minimum atomic E-state index is -1.25. The predicted molar refractivity (Wildman–Crippen MR) is 57.0 cm³/mol. The Bertz CT molecular complexity index is 401. The molecular weight excluding hydrogens is 228 g/mol. The van der Waals surface area contributed by atoms with Gasteiger partial charge in [-0.2, -0.15) is 0 Å². The van der Waals surface area contributed by atoms with Crippen molar-refractivity contribution in [2.24, 2.45) is 5.73 Å². The molecule has 94 valence electrons. The number of esters is 1. The first-order chi connectivity index (χ1) is 8.04. The van der Waals surface area contributed by atoms with Crippen LogP contribution in [0.5, 0.6) is 0 Å². The Morgan fingerprint density at radius 2 is 2.35 bits per heavy atom. The van der Waals surface area contributed by atoms with Crippen molar-refractivity contribution < 1.29 is 23.8 Å². The van der Waals surface area contributed by atoms with Gasteiger partial charge in [-0.15, -0.1) is 0 Å². The summed E-state index contributed by atoms with van der Waals surface area (Å²) in [5.41, 5.74) is 5.17. The molecule has 1 amide bonds. The maximum Gasteiger partial charge on any atom is 0.341 e. The molecule has 1 rings (SSSR count). The number of amides is 1. The minimum absolute atomic E-state index is 0.0175. The van der Waals surface area contributed by atoms with Crippen LogP contribution in [0.2, 0.25) is 0 Å². The summed E-state index contributed by atoms with van der Waals surface area (Å²) in [5.74, 6) is -0.800. The van der Waals surface area contributed by atoms with E-state index in [0.29, 0.717) is 11.3 Å². The van der Waals surface area contributed by atoms with E-state index in [2.05, 4.69) is 10.1 Å². The van der Waals surface area contributed by atoms with Gasteiger partial charge >= 0.3 is 5.97 Å². The zero-order chi connectivity index (χ0) is 12.8. The SMILES string of the molecule is COC(=O)c1coc(CNCC(O)C(N)=O)c1. The average molecular weight is 242 g/mol. The number of nitrogens with one attached hydrogen (secondary N) is 1. The Kier molecular flexibility index (Phi) is 4.68. The molecule has 0 aliphatic rings. The molecule has 0 saturated heterocycles. The van der Waals surface area contributed by atoms with Crippen LogP contribution in [0.1, 0.15) is 16.1 Å². The van der Waals surface area contributed by atoms with Crippen LogP contribution >= 0.6 is 0 Å². The fourth-order valence-corrected chi connectivity index (χ4v) is 1.13. The molecule has 0 bridgehead atoms. The molecule has 1 unspecified atom stereocenters. The summed E-state index contributed by atoms with van der Waals surface area (Å²) in [4.78, 5) is 21.6. The zero-order valence-electron chi connectivity index (χ0n) is 9.30. The second-order valence-corrected chi connectivity index (χ2v) is 3.34. The molecule has 0 aliphatic heterocycles. The fourth-order valence-electron chi connectivity index (χ4n) is 1.13. The first-order valence-electron chi connectivity index (χ1n) is 4.88. The summed E-state index contributed by atoms with van der Waals surface area (Å²) in [5, 5.41) is 11.9. The third kappa shape index (κ3) is 3.89. The molecule has 1 atom stereocenters. The van der Waals surface area contributed by atoms with E-state index < -0.39 is 18.0 Å². The number of aliphatic hydroxyl groups is 1. The number of nitrogens with two attached hydrogens (primary N) is 1. The molecule has 4 N–H and O–H groups in total. The zero-order valence-corrected chi connectivity index (χ0v) is 9.30. The molecule has 0 radical (unpaired) electrons. The van der Waals surface area contributed by atoms with Crippen LogP contribution in [0, 0.1) is 0 Å². The fraction of sp³-hybridized carbons (Fsp3) is 0.400. The number of primary amides is 1. The number of hydrogen-bond acceptors (Lipinski definition) is 6. The lowest BCUT2D eigenvalue weighted by molar-refractivity contribution is -0.125. The van der Waals surface area contributed by atoms with Crippen molar-refractivity contribution in [3.05, 3.63) is 23.7 Å². The molecule has 0 spiro atoms. The Balaban J connectivity index is 2.40. The lowest BCUT2D eigenvalue weighted by atomic mass is 10.3. The molecule has 7 nitrogen and oxygen atoms in total. The van der Waals surface area contributed by atoms with E-state index >= 15 is 0 Å². The number of hydrogen-bond donors (Lipinski definition) is 3. The summed E-state index contributed by atoms with van der Waals surface area (Å²) in [7, 11) is 1.27. The molecule has 1 heterocycles. The average Bonchev–Trinajstić information content (AvgIpc) is 2.76. The summed E-state index contributed by atoms with van der Waals surface area (Å²) >= 11 is 0. The van der Waals surface area contributed by atoms with Gasteiger partial charge in [0.1, 0.15) is 18.1 Å². The topological polar surface area (TPSA) is 115 Å². The number of ether oxygens (including phenoxy) is 1. The van der Waals surface area contributed by atoms with E-state index in [1.54, 1.807) is 0 Å². The van der Waals surface area contributed by atoms with Gasteiger partial charge in [0.05, 0.1) is 19.2 Å². The maximum atomic E-state index is 11.1. The van der Waals surface area contributed by atoms with Gasteiger partial charge in [-0.05, 0) is 6.07 Å². The number of furan rings is 1. The van der Waals surface area contributed by atoms with E-state index in [1.807, 2.05) is 0 Å². The Morgan fingerprint density at radius 3 is 2.94 bits per heavy atom. The Hall–Kier alpha value is -1.86. The molecule has 7 heteroatoms. The molecule has 17 heavy (non-hydrogen) atoms.